The highest BCUT2D eigenvalue weighted by Crippen LogP contribution is 2.41. The molecule has 0 radical (unpaired) electrons. The Labute approximate surface area is 183 Å². The largest absolute Gasteiger partial charge is 0.445 e. The van der Waals surface area contributed by atoms with E-state index >= 15 is 0 Å². The number of rotatable bonds is 3. The number of nitrogens with zero attached hydrogens (tertiary/aromatic N) is 1. The van der Waals surface area contributed by atoms with Crippen molar-refractivity contribution in [3.63, 3.8) is 0 Å². The number of benzene rings is 2. The molecule has 0 unspecified atom stereocenters. The molecule has 4 rings (SSSR count). The van der Waals surface area contributed by atoms with Crippen molar-refractivity contribution in [2.45, 2.75) is 52.2 Å². The minimum Gasteiger partial charge on any atom is -0.445 e. The molecule has 1 fully saturated rings. The van der Waals surface area contributed by atoms with E-state index in [1.165, 1.54) is 4.90 Å². The van der Waals surface area contributed by atoms with Crippen molar-refractivity contribution in [1.82, 2.24) is 4.90 Å². The standard InChI is InChI=1S/C25H28ClNO3/c1-15(2)19-13-8-16(3)14-22(19)30-25(29)27-23(17-9-11-18(26)12-10-17)20-6-4-5-7-21(20)24(27)28/h4-7,9-12,15-16,19,22-23H,8,13-14H2,1-3H3/t16-,19+,22-,23-/m1/s1. The molecule has 4 atom stereocenters. The lowest BCUT2D eigenvalue weighted by atomic mass is 9.75. The van der Waals surface area contributed by atoms with Crippen LogP contribution in [0.2, 0.25) is 5.02 Å². The molecule has 1 saturated carbocycles. The van der Waals surface area contributed by atoms with E-state index in [0.717, 1.165) is 30.4 Å². The fourth-order valence-electron chi connectivity index (χ4n) is 4.91. The maximum absolute atomic E-state index is 13.4. The molecule has 30 heavy (non-hydrogen) atoms. The van der Waals surface area contributed by atoms with E-state index in [4.69, 9.17) is 16.3 Å². The predicted octanol–water partition coefficient (Wildman–Crippen LogP) is 6.48. The number of imide groups is 1. The second kappa shape index (κ2) is 8.43. The normalized spacial score (nSPS) is 26.0. The van der Waals surface area contributed by atoms with Gasteiger partial charge < -0.3 is 4.74 Å². The zero-order chi connectivity index (χ0) is 21.4. The highest BCUT2D eigenvalue weighted by atomic mass is 35.5. The molecule has 5 heteroatoms. The van der Waals surface area contributed by atoms with Crippen molar-refractivity contribution < 1.29 is 14.3 Å². The first kappa shape index (κ1) is 20.9. The number of fused-ring (bicyclic) bond motifs is 1. The van der Waals surface area contributed by atoms with Crippen LogP contribution < -0.4 is 0 Å². The first-order valence-electron chi connectivity index (χ1n) is 10.8. The van der Waals surface area contributed by atoms with Crippen LogP contribution in [0.1, 0.15) is 67.6 Å². The van der Waals surface area contributed by atoms with Crippen molar-refractivity contribution >= 4 is 23.6 Å². The van der Waals surface area contributed by atoms with Crippen LogP contribution in [0, 0.1) is 17.8 Å². The fourth-order valence-corrected chi connectivity index (χ4v) is 5.04. The number of carbonyl (C=O) groups excluding carboxylic acids is 2. The number of carbonyl (C=O) groups is 2. The molecule has 158 valence electrons. The molecule has 2 amide bonds. The first-order chi connectivity index (χ1) is 14.4. The Kier molecular flexibility index (Phi) is 5.88. The molecule has 2 aromatic rings. The van der Waals surface area contributed by atoms with Crippen LogP contribution in [0.25, 0.3) is 0 Å². The molecule has 0 saturated heterocycles. The van der Waals surface area contributed by atoms with Crippen LogP contribution in [0.5, 0.6) is 0 Å². The van der Waals surface area contributed by atoms with Crippen LogP contribution in [0.4, 0.5) is 4.79 Å². The molecule has 4 nitrogen and oxygen atoms in total. The summed E-state index contributed by atoms with van der Waals surface area (Å²) >= 11 is 6.06. The van der Waals surface area contributed by atoms with Crippen LogP contribution in [-0.2, 0) is 4.74 Å². The zero-order valence-electron chi connectivity index (χ0n) is 17.7. The number of halogens is 1. The minimum atomic E-state index is -0.555. The Morgan fingerprint density at radius 3 is 2.50 bits per heavy atom. The van der Waals surface area contributed by atoms with E-state index in [1.807, 2.05) is 30.3 Å². The lowest BCUT2D eigenvalue weighted by Gasteiger charge is -2.37. The summed E-state index contributed by atoms with van der Waals surface area (Å²) in [6.45, 7) is 6.55. The van der Waals surface area contributed by atoms with Gasteiger partial charge in [-0.15, -0.1) is 0 Å². The lowest BCUT2D eigenvalue weighted by Crippen LogP contribution is -2.42. The summed E-state index contributed by atoms with van der Waals surface area (Å²) in [5, 5.41) is 0.612. The summed E-state index contributed by atoms with van der Waals surface area (Å²) in [6.07, 6.45) is 2.32. The lowest BCUT2D eigenvalue weighted by molar-refractivity contribution is -0.01000. The summed E-state index contributed by atoms with van der Waals surface area (Å²) in [5.41, 5.74) is 2.21. The molecule has 1 aliphatic heterocycles. The van der Waals surface area contributed by atoms with Gasteiger partial charge in [-0.2, -0.15) is 0 Å². The molecule has 1 aliphatic carbocycles. The quantitative estimate of drug-likeness (QED) is 0.565. The highest BCUT2D eigenvalue weighted by molar-refractivity contribution is 6.30. The maximum atomic E-state index is 13.4. The minimum absolute atomic E-state index is 0.163. The Morgan fingerprint density at radius 1 is 1.10 bits per heavy atom. The second-order valence-electron chi connectivity index (χ2n) is 8.96. The smallest absolute Gasteiger partial charge is 0.417 e. The van der Waals surface area contributed by atoms with Gasteiger partial charge in [0, 0.05) is 10.6 Å². The van der Waals surface area contributed by atoms with Gasteiger partial charge in [-0.1, -0.05) is 69.1 Å². The molecule has 0 spiro atoms. The van der Waals surface area contributed by atoms with Crippen molar-refractivity contribution in [3.8, 4) is 0 Å². The van der Waals surface area contributed by atoms with Gasteiger partial charge in [0.2, 0.25) is 0 Å². The predicted molar refractivity (Wildman–Crippen MR) is 118 cm³/mol. The van der Waals surface area contributed by atoms with E-state index in [-0.39, 0.29) is 12.0 Å². The summed E-state index contributed by atoms with van der Waals surface area (Å²) in [5.74, 6) is 0.949. The Balaban J connectivity index is 1.66. The summed E-state index contributed by atoms with van der Waals surface area (Å²) in [7, 11) is 0. The maximum Gasteiger partial charge on any atom is 0.417 e. The average molecular weight is 426 g/mol. The summed E-state index contributed by atoms with van der Waals surface area (Å²) in [6, 6.07) is 14.2. The van der Waals surface area contributed by atoms with Crippen molar-refractivity contribution in [2.24, 2.45) is 17.8 Å². The topological polar surface area (TPSA) is 46.6 Å². The van der Waals surface area contributed by atoms with E-state index < -0.39 is 12.1 Å². The van der Waals surface area contributed by atoms with Gasteiger partial charge in [-0.3, -0.25) is 4.79 Å². The molecule has 0 N–H and O–H groups in total. The molecular weight excluding hydrogens is 398 g/mol. The molecule has 2 aliphatic rings. The number of ether oxygens (including phenoxy) is 1. The van der Waals surface area contributed by atoms with Gasteiger partial charge >= 0.3 is 6.09 Å². The SMILES string of the molecule is CC(C)[C@@H]1CC[C@@H](C)C[C@H]1OC(=O)N1C(=O)c2ccccc2[C@H]1c1ccc(Cl)cc1. The third-order valence-electron chi connectivity index (χ3n) is 6.56. The van der Waals surface area contributed by atoms with E-state index in [9.17, 15) is 9.59 Å². The first-order valence-corrected chi connectivity index (χ1v) is 11.1. The van der Waals surface area contributed by atoms with Gasteiger partial charge in [0.1, 0.15) is 6.10 Å². The van der Waals surface area contributed by atoms with Gasteiger partial charge in [0.15, 0.2) is 0 Å². The molecule has 0 bridgehead atoms. The molecular formula is C25H28ClNO3. The highest BCUT2D eigenvalue weighted by Gasteiger charge is 2.44. The Bertz CT molecular complexity index is 940. The van der Waals surface area contributed by atoms with Crippen molar-refractivity contribution in [1.29, 1.82) is 0 Å². The monoisotopic (exact) mass is 425 g/mol. The summed E-state index contributed by atoms with van der Waals surface area (Å²) in [4.78, 5) is 27.9. The van der Waals surface area contributed by atoms with Crippen LogP contribution in [0.15, 0.2) is 48.5 Å². The number of hydrogen-bond acceptors (Lipinski definition) is 3. The van der Waals surface area contributed by atoms with Gasteiger partial charge in [0.25, 0.3) is 5.91 Å². The van der Waals surface area contributed by atoms with Crippen LogP contribution in [-0.4, -0.2) is 23.0 Å². The molecule has 1 heterocycles. The zero-order valence-corrected chi connectivity index (χ0v) is 18.4. The Morgan fingerprint density at radius 2 is 1.80 bits per heavy atom. The summed E-state index contributed by atoms with van der Waals surface area (Å²) < 4.78 is 6.04. The van der Waals surface area contributed by atoms with Crippen molar-refractivity contribution in [3.05, 3.63) is 70.2 Å². The fraction of sp³-hybridized carbons (Fsp3) is 0.440. The molecule has 2 aromatic carbocycles. The Hall–Kier alpha value is -2.33. The number of amides is 2. The van der Waals surface area contributed by atoms with Gasteiger partial charge in [-0.25, -0.2) is 9.69 Å². The number of hydrogen-bond donors (Lipinski definition) is 0. The van der Waals surface area contributed by atoms with Crippen molar-refractivity contribution in [2.75, 3.05) is 0 Å². The third kappa shape index (κ3) is 3.85. The van der Waals surface area contributed by atoms with E-state index in [2.05, 4.69) is 20.8 Å². The van der Waals surface area contributed by atoms with Crippen LogP contribution >= 0.6 is 11.6 Å². The molecule has 0 aromatic heterocycles. The van der Waals surface area contributed by atoms with Gasteiger partial charge in [0.05, 0.1) is 6.04 Å². The average Bonchev–Trinajstić information content (AvgIpc) is 3.01. The third-order valence-corrected chi connectivity index (χ3v) is 6.81. The second-order valence-corrected chi connectivity index (χ2v) is 9.40. The van der Waals surface area contributed by atoms with E-state index in [0.29, 0.717) is 28.3 Å². The van der Waals surface area contributed by atoms with E-state index in [1.54, 1.807) is 18.2 Å². The van der Waals surface area contributed by atoms with Gasteiger partial charge in [-0.05, 0) is 59.9 Å². The van der Waals surface area contributed by atoms with Crippen LogP contribution in [0.3, 0.4) is 0 Å².